The maximum absolute atomic E-state index is 13.0. The van der Waals surface area contributed by atoms with Crippen LogP contribution < -0.4 is 15.6 Å². The zero-order valence-electron chi connectivity index (χ0n) is 19.1. The van der Waals surface area contributed by atoms with Crippen LogP contribution >= 0.6 is 0 Å². The smallest absolute Gasteiger partial charge is 0.276 e. The maximum atomic E-state index is 13.0. The number of carbonyl (C=O) groups is 2. The number of hydrazine groups is 1. The van der Waals surface area contributed by atoms with Crippen LogP contribution in [0.2, 0.25) is 0 Å². The lowest BCUT2D eigenvalue weighted by molar-refractivity contribution is -0.123. The molecular weight excluding hydrogens is 446 g/mol. The van der Waals surface area contributed by atoms with Crippen LogP contribution in [0.15, 0.2) is 47.4 Å². The Morgan fingerprint density at radius 1 is 1.06 bits per heavy atom. The molecule has 2 atom stereocenters. The van der Waals surface area contributed by atoms with Crippen molar-refractivity contribution in [3.8, 4) is 5.75 Å². The van der Waals surface area contributed by atoms with E-state index in [0.717, 1.165) is 11.1 Å². The molecule has 0 aliphatic carbocycles. The Labute approximate surface area is 194 Å². The van der Waals surface area contributed by atoms with Crippen LogP contribution in [0.5, 0.6) is 5.75 Å². The van der Waals surface area contributed by atoms with Gasteiger partial charge in [0.25, 0.3) is 11.8 Å². The molecule has 0 spiro atoms. The van der Waals surface area contributed by atoms with Crippen molar-refractivity contribution in [2.45, 2.75) is 44.8 Å². The number of hydrogen-bond donors (Lipinski definition) is 2. The zero-order valence-corrected chi connectivity index (χ0v) is 19.9. The molecule has 1 fully saturated rings. The fourth-order valence-corrected chi connectivity index (χ4v) is 5.15. The number of aryl methyl sites for hydroxylation is 2. The van der Waals surface area contributed by atoms with E-state index in [1.165, 1.54) is 28.6 Å². The molecule has 178 valence electrons. The van der Waals surface area contributed by atoms with Gasteiger partial charge in [0.2, 0.25) is 10.0 Å². The lowest BCUT2D eigenvalue weighted by atomic mass is 10.1. The Bertz CT molecular complexity index is 1120. The summed E-state index contributed by atoms with van der Waals surface area (Å²) in [5.74, 6) is -0.610. The first-order valence-corrected chi connectivity index (χ1v) is 12.0. The van der Waals surface area contributed by atoms with E-state index in [1.54, 1.807) is 0 Å². The first-order valence-electron chi connectivity index (χ1n) is 10.6. The number of amides is 2. The largest absolute Gasteiger partial charge is 0.483 e. The number of carbonyl (C=O) groups excluding carboxylic acids is 2. The van der Waals surface area contributed by atoms with Crippen molar-refractivity contribution in [3.63, 3.8) is 0 Å². The molecule has 3 rings (SSSR count). The molecule has 1 saturated heterocycles. The summed E-state index contributed by atoms with van der Waals surface area (Å²) < 4.78 is 38.6. The van der Waals surface area contributed by atoms with Gasteiger partial charge in [0.05, 0.1) is 17.1 Å². The third kappa shape index (κ3) is 6.31. The molecule has 2 amide bonds. The molecule has 10 heteroatoms. The summed E-state index contributed by atoms with van der Waals surface area (Å²) in [4.78, 5) is 24.6. The highest BCUT2D eigenvalue weighted by Crippen LogP contribution is 2.22. The molecule has 0 bridgehead atoms. The van der Waals surface area contributed by atoms with E-state index in [0.29, 0.717) is 5.75 Å². The van der Waals surface area contributed by atoms with Crippen LogP contribution in [0.1, 0.15) is 35.3 Å². The molecule has 0 aromatic heterocycles. The molecule has 0 unspecified atom stereocenters. The van der Waals surface area contributed by atoms with Crippen LogP contribution in [0, 0.1) is 13.8 Å². The standard InChI is InChI=1S/C23H29N3O6S/c1-15-8-9-16(2)21(10-15)31-14-22(27)24-25-23(28)19-6-5-7-20(11-19)33(29,30)26-12-17(3)32-18(4)13-26/h5-11,17-18H,12-14H2,1-4H3,(H,24,27)(H,25,28)/t17-,18-/m0/s1. The van der Waals surface area contributed by atoms with Gasteiger partial charge >= 0.3 is 0 Å². The van der Waals surface area contributed by atoms with Crippen molar-refractivity contribution in [1.82, 2.24) is 15.2 Å². The highest BCUT2D eigenvalue weighted by Gasteiger charge is 2.32. The van der Waals surface area contributed by atoms with E-state index in [4.69, 9.17) is 9.47 Å². The van der Waals surface area contributed by atoms with Crippen molar-refractivity contribution in [1.29, 1.82) is 0 Å². The zero-order chi connectivity index (χ0) is 24.2. The minimum Gasteiger partial charge on any atom is -0.483 e. The molecule has 0 saturated carbocycles. The molecule has 2 N–H and O–H groups in total. The Kier molecular flexibility index (Phi) is 7.72. The van der Waals surface area contributed by atoms with Gasteiger partial charge in [-0.1, -0.05) is 18.2 Å². The maximum Gasteiger partial charge on any atom is 0.276 e. The van der Waals surface area contributed by atoms with E-state index < -0.39 is 21.8 Å². The molecule has 1 aliphatic heterocycles. The minimum absolute atomic E-state index is 0.000956. The van der Waals surface area contributed by atoms with Crippen molar-refractivity contribution < 1.29 is 27.5 Å². The molecule has 2 aromatic rings. The lowest BCUT2D eigenvalue weighted by Gasteiger charge is -2.34. The van der Waals surface area contributed by atoms with Gasteiger partial charge in [-0.2, -0.15) is 4.31 Å². The minimum atomic E-state index is -3.80. The van der Waals surface area contributed by atoms with Crippen LogP contribution in [-0.4, -0.2) is 56.4 Å². The van der Waals surface area contributed by atoms with Crippen molar-refractivity contribution >= 4 is 21.8 Å². The average Bonchev–Trinajstić information content (AvgIpc) is 2.77. The van der Waals surface area contributed by atoms with Crippen LogP contribution in [0.25, 0.3) is 0 Å². The number of benzene rings is 2. The molecule has 0 radical (unpaired) electrons. The van der Waals surface area contributed by atoms with Gasteiger partial charge in [-0.25, -0.2) is 8.42 Å². The van der Waals surface area contributed by atoms with Gasteiger partial charge in [0, 0.05) is 18.7 Å². The van der Waals surface area contributed by atoms with Gasteiger partial charge in [0.15, 0.2) is 6.61 Å². The fraction of sp³-hybridized carbons (Fsp3) is 0.391. The van der Waals surface area contributed by atoms with Crippen LogP contribution in [0.4, 0.5) is 0 Å². The third-order valence-corrected chi connectivity index (χ3v) is 6.97. The van der Waals surface area contributed by atoms with Crippen LogP contribution in [0.3, 0.4) is 0 Å². The number of ether oxygens (including phenoxy) is 2. The topological polar surface area (TPSA) is 114 Å². The summed E-state index contributed by atoms with van der Waals surface area (Å²) in [5.41, 5.74) is 6.55. The Hall–Kier alpha value is -2.95. The summed E-state index contributed by atoms with van der Waals surface area (Å²) in [7, 11) is -3.80. The summed E-state index contributed by atoms with van der Waals surface area (Å²) >= 11 is 0. The lowest BCUT2D eigenvalue weighted by Crippen LogP contribution is -2.48. The van der Waals surface area contributed by atoms with Gasteiger partial charge in [-0.05, 0) is 63.1 Å². The normalized spacial score (nSPS) is 19.0. The summed E-state index contributed by atoms with van der Waals surface area (Å²) in [5, 5.41) is 0. The second-order valence-electron chi connectivity index (χ2n) is 8.17. The average molecular weight is 476 g/mol. The van der Waals surface area contributed by atoms with Crippen molar-refractivity contribution in [3.05, 3.63) is 59.2 Å². The van der Waals surface area contributed by atoms with Gasteiger partial charge in [0.1, 0.15) is 5.75 Å². The highest BCUT2D eigenvalue weighted by atomic mass is 32.2. The Morgan fingerprint density at radius 2 is 1.76 bits per heavy atom. The van der Waals surface area contributed by atoms with Crippen molar-refractivity contribution in [2.75, 3.05) is 19.7 Å². The second-order valence-corrected chi connectivity index (χ2v) is 10.1. The summed E-state index contributed by atoms with van der Waals surface area (Å²) in [6.45, 7) is 7.60. The fourth-order valence-electron chi connectivity index (χ4n) is 3.51. The quantitative estimate of drug-likeness (QED) is 0.618. The molecule has 1 heterocycles. The SMILES string of the molecule is Cc1ccc(C)c(OCC(=O)NNC(=O)c2cccc(S(=O)(=O)N3C[C@H](C)O[C@@H](C)C3)c2)c1. The predicted octanol–water partition coefficient (Wildman–Crippen LogP) is 1.94. The van der Waals surface area contributed by atoms with E-state index in [9.17, 15) is 18.0 Å². The molecule has 2 aromatic carbocycles. The van der Waals surface area contributed by atoms with Crippen molar-refractivity contribution in [2.24, 2.45) is 0 Å². The number of sulfonamides is 1. The first kappa shape index (κ1) is 24.7. The second kappa shape index (κ2) is 10.3. The number of morpholine rings is 1. The van der Waals surface area contributed by atoms with Gasteiger partial charge < -0.3 is 9.47 Å². The van der Waals surface area contributed by atoms with E-state index in [1.807, 2.05) is 45.9 Å². The summed E-state index contributed by atoms with van der Waals surface area (Å²) in [6.07, 6.45) is -0.452. The Morgan fingerprint density at radius 3 is 2.45 bits per heavy atom. The number of nitrogens with zero attached hydrogens (tertiary/aromatic N) is 1. The van der Waals surface area contributed by atoms with E-state index in [-0.39, 0.29) is 42.4 Å². The van der Waals surface area contributed by atoms with Crippen LogP contribution in [-0.2, 0) is 19.6 Å². The molecule has 9 nitrogen and oxygen atoms in total. The molecule has 1 aliphatic rings. The highest BCUT2D eigenvalue weighted by molar-refractivity contribution is 7.89. The van der Waals surface area contributed by atoms with Gasteiger partial charge in [-0.15, -0.1) is 0 Å². The molecule has 33 heavy (non-hydrogen) atoms. The van der Waals surface area contributed by atoms with Gasteiger partial charge in [-0.3, -0.25) is 20.4 Å². The summed E-state index contributed by atoms with van der Waals surface area (Å²) in [6, 6.07) is 11.3. The third-order valence-electron chi connectivity index (χ3n) is 5.14. The number of nitrogens with one attached hydrogen (secondary N) is 2. The predicted molar refractivity (Wildman–Crippen MR) is 122 cm³/mol. The van der Waals surface area contributed by atoms with E-state index in [2.05, 4.69) is 10.9 Å². The first-order chi connectivity index (χ1) is 15.6. The number of rotatable bonds is 6. The molecular formula is C23H29N3O6S. The number of hydrogen-bond acceptors (Lipinski definition) is 6. The van der Waals surface area contributed by atoms with E-state index >= 15 is 0 Å². The monoisotopic (exact) mass is 475 g/mol. The Balaban J connectivity index is 1.60.